The molecular weight excluding hydrogens is 496 g/mol. The summed E-state index contributed by atoms with van der Waals surface area (Å²) >= 11 is 0. The van der Waals surface area contributed by atoms with Gasteiger partial charge in [-0.2, -0.15) is 5.10 Å². The molecule has 1 aliphatic heterocycles. The number of pyridine rings is 1. The zero-order valence-corrected chi connectivity index (χ0v) is 21.5. The van der Waals surface area contributed by atoms with Crippen molar-refractivity contribution >= 4 is 40.0 Å². The molecule has 12 heteroatoms. The van der Waals surface area contributed by atoms with E-state index < -0.39 is 0 Å². The number of anilines is 3. The number of ether oxygens (including phenoxy) is 1. The average Bonchev–Trinajstić information content (AvgIpc) is 3.42. The summed E-state index contributed by atoms with van der Waals surface area (Å²) in [6, 6.07) is 9.53. The lowest BCUT2D eigenvalue weighted by Gasteiger charge is -2.39. The average molecular weight is 523 g/mol. The molecule has 0 aliphatic carbocycles. The van der Waals surface area contributed by atoms with Crippen LogP contribution in [-0.4, -0.2) is 71.0 Å². The summed E-state index contributed by atoms with van der Waals surface area (Å²) < 4.78 is 7.77. The van der Waals surface area contributed by atoms with Crippen molar-refractivity contribution in [2.75, 3.05) is 29.9 Å². The van der Waals surface area contributed by atoms with Gasteiger partial charge in [-0.25, -0.2) is 29.4 Å². The molecule has 0 saturated carbocycles. The molecule has 0 spiro atoms. The summed E-state index contributed by atoms with van der Waals surface area (Å²) in [7, 11) is 0. The highest BCUT2D eigenvalue weighted by molar-refractivity contribution is 5.88. The van der Waals surface area contributed by atoms with Crippen LogP contribution in [-0.2, 0) is 4.79 Å². The maximum absolute atomic E-state index is 12.0. The van der Waals surface area contributed by atoms with Crippen molar-refractivity contribution in [3.8, 4) is 11.5 Å². The third-order valence-electron chi connectivity index (χ3n) is 6.65. The van der Waals surface area contributed by atoms with E-state index in [9.17, 15) is 4.79 Å². The van der Waals surface area contributed by atoms with E-state index in [0.29, 0.717) is 53.8 Å². The molecule has 5 heterocycles. The zero-order valence-electron chi connectivity index (χ0n) is 21.5. The first-order valence-electron chi connectivity index (χ1n) is 12.5. The van der Waals surface area contributed by atoms with Gasteiger partial charge in [-0.05, 0) is 49.8 Å². The number of carbonyl (C=O) groups excluding carboxylic acids is 1. The van der Waals surface area contributed by atoms with Crippen LogP contribution < -0.4 is 15.0 Å². The molecule has 4 aromatic heterocycles. The van der Waals surface area contributed by atoms with Crippen LogP contribution in [0.3, 0.4) is 0 Å². The Morgan fingerprint density at radius 3 is 2.85 bits per heavy atom. The van der Waals surface area contributed by atoms with E-state index >= 15 is 0 Å². The van der Waals surface area contributed by atoms with Gasteiger partial charge in [-0.3, -0.25) is 4.79 Å². The summed E-state index contributed by atoms with van der Waals surface area (Å²) in [5.74, 6) is 2.48. The highest BCUT2D eigenvalue weighted by atomic mass is 16.5. The number of carbonyl (C=O) groups is 1. The number of rotatable bonds is 6. The number of piperazine rings is 1. The second-order valence-electron chi connectivity index (χ2n) is 9.29. The number of nitrogens with zero attached hydrogens (tertiary/aromatic N) is 9. The monoisotopic (exact) mass is 522 g/mol. The Hall–Kier alpha value is -5.13. The van der Waals surface area contributed by atoms with Gasteiger partial charge in [0.2, 0.25) is 11.9 Å². The normalized spacial score (nSPS) is 15.5. The number of aromatic nitrogens is 7. The van der Waals surface area contributed by atoms with Crippen molar-refractivity contribution in [1.82, 2.24) is 39.4 Å². The summed E-state index contributed by atoms with van der Waals surface area (Å²) in [6.45, 7) is 9.39. The molecule has 0 unspecified atom stereocenters. The minimum Gasteiger partial charge on any atom is -0.457 e. The second-order valence-corrected chi connectivity index (χ2v) is 9.29. The fraction of sp³-hybridized carbons (Fsp3) is 0.222. The van der Waals surface area contributed by atoms with Crippen molar-refractivity contribution in [2.45, 2.75) is 19.9 Å². The van der Waals surface area contributed by atoms with Crippen LogP contribution in [0.2, 0.25) is 0 Å². The number of hydrogen-bond acceptors (Lipinski definition) is 10. The number of hydrogen-bond donors (Lipinski definition) is 1. The van der Waals surface area contributed by atoms with E-state index in [1.54, 1.807) is 21.8 Å². The van der Waals surface area contributed by atoms with E-state index in [4.69, 9.17) is 9.72 Å². The Morgan fingerprint density at radius 2 is 2.03 bits per heavy atom. The van der Waals surface area contributed by atoms with Gasteiger partial charge < -0.3 is 19.9 Å². The first-order chi connectivity index (χ1) is 19.0. The number of aryl methyl sites for hydroxylation is 1. The molecule has 1 N–H and O–H groups in total. The van der Waals surface area contributed by atoms with E-state index in [1.165, 1.54) is 18.7 Å². The predicted octanol–water partition coefficient (Wildman–Crippen LogP) is 3.53. The molecule has 196 valence electrons. The standard InChI is InChI=1S/C27H26N10O2/c1-4-24(38)35-9-10-36(18(3)14-35)27-28-13-21-25(34-27)26(31-15-29-21)33-19-5-6-22(17(2)11-19)39-20-7-8-37-23(12-20)30-16-32-37/h4-8,11-13,15-16,18H,1,9-10,14H2,2-3H3,(H,29,31,33)/t18-/m0/s1. The number of nitrogens with one attached hydrogen (secondary N) is 1. The Bertz CT molecular complexity index is 1700. The van der Waals surface area contributed by atoms with Crippen LogP contribution in [0.4, 0.5) is 17.5 Å². The molecule has 12 nitrogen and oxygen atoms in total. The molecule has 0 bridgehead atoms. The zero-order chi connectivity index (χ0) is 26.9. The number of benzene rings is 1. The van der Waals surface area contributed by atoms with Crippen LogP contribution >= 0.6 is 0 Å². The Balaban J connectivity index is 1.22. The van der Waals surface area contributed by atoms with Crippen molar-refractivity contribution in [3.05, 3.63) is 73.6 Å². The van der Waals surface area contributed by atoms with E-state index in [2.05, 4.69) is 41.8 Å². The minimum atomic E-state index is -0.0658. The molecule has 1 amide bonds. The Labute approximate surface area is 224 Å². The Morgan fingerprint density at radius 1 is 1.13 bits per heavy atom. The van der Waals surface area contributed by atoms with Crippen molar-refractivity contribution in [3.63, 3.8) is 0 Å². The molecular formula is C27H26N10O2. The van der Waals surface area contributed by atoms with Crippen molar-refractivity contribution < 1.29 is 9.53 Å². The van der Waals surface area contributed by atoms with Gasteiger partial charge in [0.1, 0.15) is 35.2 Å². The number of amides is 1. The van der Waals surface area contributed by atoms with Crippen LogP contribution in [0.25, 0.3) is 16.7 Å². The first kappa shape index (κ1) is 24.2. The van der Waals surface area contributed by atoms with Gasteiger partial charge in [-0.15, -0.1) is 0 Å². The summed E-state index contributed by atoms with van der Waals surface area (Å²) in [4.78, 5) is 38.3. The van der Waals surface area contributed by atoms with Crippen LogP contribution in [0.1, 0.15) is 12.5 Å². The fourth-order valence-corrected chi connectivity index (χ4v) is 4.62. The van der Waals surface area contributed by atoms with Crippen molar-refractivity contribution in [2.24, 2.45) is 0 Å². The molecule has 6 rings (SSSR count). The topological polar surface area (TPSA) is 127 Å². The van der Waals surface area contributed by atoms with Gasteiger partial charge in [0.25, 0.3) is 0 Å². The van der Waals surface area contributed by atoms with Crippen LogP contribution in [0.15, 0.2) is 68.0 Å². The molecule has 1 saturated heterocycles. The van der Waals surface area contributed by atoms with Crippen LogP contribution in [0.5, 0.6) is 11.5 Å². The van der Waals surface area contributed by atoms with Crippen molar-refractivity contribution in [1.29, 1.82) is 0 Å². The molecule has 0 radical (unpaired) electrons. The van der Waals surface area contributed by atoms with Gasteiger partial charge in [0, 0.05) is 43.6 Å². The molecule has 1 fully saturated rings. The summed E-state index contributed by atoms with van der Waals surface area (Å²) in [5, 5.41) is 7.48. The lowest BCUT2D eigenvalue weighted by Crippen LogP contribution is -2.54. The van der Waals surface area contributed by atoms with E-state index in [1.807, 2.05) is 44.2 Å². The van der Waals surface area contributed by atoms with Gasteiger partial charge in [-0.1, -0.05) is 6.58 Å². The maximum Gasteiger partial charge on any atom is 0.246 e. The highest BCUT2D eigenvalue weighted by Gasteiger charge is 2.27. The SMILES string of the molecule is C=CC(=O)N1CCN(c2ncc3ncnc(Nc4ccc(Oc5ccn6ncnc6c5)c(C)c4)c3n2)[C@@H](C)C1. The molecule has 39 heavy (non-hydrogen) atoms. The largest absolute Gasteiger partial charge is 0.457 e. The predicted molar refractivity (Wildman–Crippen MR) is 146 cm³/mol. The third kappa shape index (κ3) is 4.79. The second kappa shape index (κ2) is 9.97. The summed E-state index contributed by atoms with van der Waals surface area (Å²) in [5.41, 5.74) is 3.72. The highest BCUT2D eigenvalue weighted by Crippen LogP contribution is 2.30. The van der Waals surface area contributed by atoms with E-state index in [-0.39, 0.29) is 11.9 Å². The van der Waals surface area contributed by atoms with Gasteiger partial charge >= 0.3 is 0 Å². The quantitative estimate of drug-likeness (QED) is 0.331. The third-order valence-corrected chi connectivity index (χ3v) is 6.65. The van der Waals surface area contributed by atoms with Gasteiger partial charge in [0.15, 0.2) is 11.5 Å². The number of fused-ring (bicyclic) bond motifs is 2. The summed E-state index contributed by atoms with van der Waals surface area (Å²) in [6.07, 6.45) is 7.85. The lowest BCUT2D eigenvalue weighted by atomic mass is 10.2. The van der Waals surface area contributed by atoms with Gasteiger partial charge in [0.05, 0.1) is 6.20 Å². The van der Waals surface area contributed by atoms with Crippen LogP contribution in [0, 0.1) is 6.92 Å². The maximum atomic E-state index is 12.0. The first-order valence-corrected chi connectivity index (χ1v) is 12.5. The lowest BCUT2D eigenvalue weighted by molar-refractivity contribution is -0.126. The smallest absolute Gasteiger partial charge is 0.246 e. The molecule has 1 atom stereocenters. The Kier molecular flexibility index (Phi) is 6.19. The molecule has 5 aromatic rings. The van der Waals surface area contributed by atoms with E-state index in [0.717, 1.165) is 17.0 Å². The molecule has 1 aromatic carbocycles. The molecule has 1 aliphatic rings. The fourth-order valence-electron chi connectivity index (χ4n) is 4.62. The minimum absolute atomic E-state index is 0.0433.